The summed E-state index contributed by atoms with van der Waals surface area (Å²) in [6.45, 7) is 11.4. The lowest BCUT2D eigenvalue weighted by atomic mass is 9.84. The molecule has 0 aliphatic rings. The zero-order valence-electron chi connectivity index (χ0n) is 33.3. The van der Waals surface area contributed by atoms with E-state index in [2.05, 4.69) is 35.5 Å². The number of hydrogen-bond acceptors (Lipinski definition) is 7. The number of carbonyl (C=O) groups is 1. The molecule has 0 amide bonds. The van der Waals surface area contributed by atoms with Crippen LogP contribution in [0.2, 0.25) is 10.0 Å². The van der Waals surface area contributed by atoms with Gasteiger partial charge in [0, 0.05) is 71.9 Å². The van der Waals surface area contributed by atoms with Crippen molar-refractivity contribution in [2.24, 2.45) is 14.1 Å². The molecule has 0 saturated carbocycles. The van der Waals surface area contributed by atoms with Crippen molar-refractivity contribution in [3.8, 4) is 28.5 Å². The van der Waals surface area contributed by atoms with Gasteiger partial charge in [-0.15, -0.1) is 0 Å². The van der Waals surface area contributed by atoms with Gasteiger partial charge in [0.2, 0.25) is 5.88 Å². The second kappa shape index (κ2) is 17.4. The molecule has 0 radical (unpaired) electrons. The molecule has 0 aliphatic heterocycles. The van der Waals surface area contributed by atoms with Gasteiger partial charge in [0.05, 0.1) is 22.8 Å². The first kappa shape index (κ1) is 40.6. The summed E-state index contributed by atoms with van der Waals surface area (Å²) in [5.41, 5.74) is 9.75. The highest BCUT2D eigenvalue weighted by atomic mass is 35.5. The largest absolute Gasteiger partial charge is 0.494 e. The van der Waals surface area contributed by atoms with E-state index < -0.39 is 5.97 Å². The van der Waals surface area contributed by atoms with E-state index in [9.17, 15) is 9.90 Å². The van der Waals surface area contributed by atoms with Crippen LogP contribution in [0, 0.1) is 27.7 Å². The number of benzene rings is 3. The number of aromatic carboxylic acids is 1. The Morgan fingerprint density at radius 2 is 1.71 bits per heavy atom. The predicted octanol–water partition coefficient (Wildman–Crippen LogP) is 10.2. The molecule has 56 heavy (non-hydrogen) atoms. The number of nitrogens with one attached hydrogen (secondary N) is 2. The van der Waals surface area contributed by atoms with E-state index in [-0.39, 0.29) is 17.7 Å². The number of rotatable bonds is 16. The molecule has 0 fully saturated rings. The van der Waals surface area contributed by atoms with Crippen molar-refractivity contribution in [3.05, 3.63) is 116 Å². The molecule has 3 aromatic heterocycles. The number of aromatic nitrogens is 4. The van der Waals surface area contributed by atoms with Crippen molar-refractivity contribution >= 4 is 45.8 Å². The number of anilines is 1. The van der Waals surface area contributed by atoms with Crippen LogP contribution in [0.3, 0.4) is 0 Å². The summed E-state index contributed by atoms with van der Waals surface area (Å²) in [5.74, 6) is 0.734. The third kappa shape index (κ3) is 8.68. The Hall–Kier alpha value is -5.03. The molecule has 294 valence electrons. The molecule has 3 aromatic carbocycles. The third-order valence-corrected chi connectivity index (χ3v) is 11.3. The highest BCUT2D eigenvalue weighted by Crippen LogP contribution is 2.45. The van der Waals surface area contributed by atoms with Gasteiger partial charge in [0.1, 0.15) is 17.2 Å². The number of ether oxygens (including phenoxy) is 2. The number of carboxylic acid groups (broad SMARTS) is 1. The molecule has 0 spiro atoms. The van der Waals surface area contributed by atoms with Gasteiger partial charge in [0.25, 0.3) is 0 Å². The first-order chi connectivity index (χ1) is 26.8. The van der Waals surface area contributed by atoms with Crippen molar-refractivity contribution in [1.82, 2.24) is 24.6 Å². The van der Waals surface area contributed by atoms with E-state index in [1.54, 1.807) is 29.9 Å². The Balaban J connectivity index is 1.50. The molecular formula is C44H50Cl2N6O4. The lowest BCUT2D eigenvalue weighted by molar-refractivity contribution is 0.0687. The second-order valence-corrected chi connectivity index (χ2v) is 15.4. The predicted molar refractivity (Wildman–Crippen MR) is 226 cm³/mol. The zero-order valence-corrected chi connectivity index (χ0v) is 34.8. The molecule has 6 rings (SSSR count). The zero-order chi connectivity index (χ0) is 40.3. The lowest BCUT2D eigenvalue weighted by Gasteiger charge is -2.27. The molecule has 0 saturated heterocycles. The summed E-state index contributed by atoms with van der Waals surface area (Å²) in [7, 11) is 5.69. The van der Waals surface area contributed by atoms with Gasteiger partial charge in [-0.05, 0) is 132 Å². The summed E-state index contributed by atoms with van der Waals surface area (Å²) in [6, 6.07) is 19.2. The Morgan fingerprint density at radius 1 is 0.964 bits per heavy atom. The first-order valence-electron chi connectivity index (χ1n) is 18.9. The van der Waals surface area contributed by atoms with Crippen molar-refractivity contribution < 1.29 is 19.4 Å². The monoisotopic (exact) mass is 796 g/mol. The second-order valence-electron chi connectivity index (χ2n) is 14.6. The first-order valence-corrected chi connectivity index (χ1v) is 19.6. The molecule has 6 aromatic rings. The van der Waals surface area contributed by atoms with E-state index in [1.165, 1.54) is 0 Å². The molecule has 12 heteroatoms. The van der Waals surface area contributed by atoms with Crippen LogP contribution >= 0.6 is 23.2 Å². The SMILES string of the molecule is CNC[C@@H](C)Nc1c(C(CCCOc2cc(C)c(Cl)c(C)c2)Cc2cc(Oc3ccccn3)cc3cc(C(=O)O)n(C)c23)ccc(Cl)c1-c1c(C)nn(C)c1C. The van der Waals surface area contributed by atoms with Gasteiger partial charge >= 0.3 is 5.97 Å². The molecular weight excluding hydrogens is 747 g/mol. The standard InChI is InChI=1S/C44H50Cl2N6O4/c1-25-18-33(19-26(2)41(25)46)55-17-11-12-30(35-14-15-36(45)40(42(35)49-27(3)24-47-6)39-28(4)50-52(8)29(39)5)20-31-21-34(56-38-13-9-10-16-48-38)22-32-23-37(44(53)54)51(7)43(31)32/h9-10,13-16,18-19,21-23,27,30,47,49H,11-12,17,20,24H2,1-8H3,(H,53,54)/t27-,30?/m1/s1. The number of halogens is 2. The third-order valence-electron chi connectivity index (χ3n) is 10.4. The van der Waals surface area contributed by atoms with Crippen LogP contribution in [0.5, 0.6) is 17.4 Å². The Morgan fingerprint density at radius 3 is 2.36 bits per heavy atom. The van der Waals surface area contributed by atoms with Crippen LogP contribution in [0.15, 0.2) is 66.9 Å². The highest BCUT2D eigenvalue weighted by molar-refractivity contribution is 6.34. The Bertz CT molecular complexity index is 2350. The van der Waals surface area contributed by atoms with E-state index in [0.717, 1.165) is 91.5 Å². The van der Waals surface area contributed by atoms with Gasteiger partial charge < -0.3 is 29.8 Å². The number of pyridine rings is 1. The molecule has 1 unspecified atom stereocenters. The van der Waals surface area contributed by atoms with Crippen molar-refractivity contribution in [2.75, 3.05) is 25.5 Å². The van der Waals surface area contributed by atoms with Crippen molar-refractivity contribution in [1.29, 1.82) is 0 Å². The topological polar surface area (TPSA) is 115 Å². The summed E-state index contributed by atoms with van der Waals surface area (Å²) >= 11 is 13.6. The lowest BCUT2D eigenvalue weighted by Crippen LogP contribution is -2.29. The van der Waals surface area contributed by atoms with Crippen molar-refractivity contribution in [3.63, 3.8) is 0 Å². The average molecular weight is 798 g/mol. The van der Waals surface area contributed by atoms with Gasteiger partial charge in [-0.1, -0.05) is 35.3 Å². The fraction of sp³-hybridized carbons (Fsp3) is 0.341. The van der Waals surface area contributed by atoms with Gasteiger partial charge in [-0.3, -0.25) is 4.68 Å². The Kier molecular flexibility index (Phi) is 12.6. The highest BCUT2D eigenvalue weighted by Gasteiger charge is 2.27. The molecule has 0 aliphatic carbocycles. The molecule has 0 bridgehead atoms. The minimum atomic E-state index is -1.00. The summed E-state index contributed by atoms with van der Waals surface area (Å²) < 4.78 is 16.3. The quantitative estimate of drug-likeness (QED) is 0.0830. The number of fused-ring (bicyclic) bond motifs is 1. The summed E-state index contributed by atoms with van der Waals surface area (Å²) in [4.78, 5) is 16.8. The number of aryl methyl sites for hydroxylation is 5. The van der Waals surface area contributed by atoms with Crippen LogP contribution in [0.25, 0.3) is 22.0 Å². The van der Waals surface area contributed by atoms with E-state index in [0.29, 0.717) is 29.7 Å². The number of hydrogen-bond donors (Lipinski definition) is 3. The Labute approximate surface area is 338 Å². The fourth-order valence-corrected chi connectivity index (χ4v) is 8.10. The van der Waals surface area contributed by atoms with E-state index in [4.69, 9.17) is 37.8 Å². The van der Waals surface area contributed by atoms with Crippen molar-refractivity contribution in [2.45, 2.75) is 65.8 Å². The minimum absolute atomic E-state index is 0.0569. The summed E-state index contributed by atoms with van der Waals surface area (Å²) in [6.07, 6.45) is 3.72. The molecule has 3 N–H and O–H groups in total. The average Bonchev–Trinajstić information content (AvgIpc) is 3.62. The van der Waals surface area contributed by atoms with Crippen LogP contribution in [0.4, 0.5) is 5.69 Å². The number of likely N-dealkylation sites (N-methyl/N-ethyl adjacent to an activating group) is 1. The molecule has 10 nitrogen and oxygen atoms in total. The smallest absolute Gasteiger partial charge is 0.352 e. The fourth-order valence-electron chi connectivity index (χ4n) is 7.74. The van der Waals surface area contributed by atoms with Crippen LogP contribution < -0.4 is 20.1 Å². The maximum atomic E-state index is 12.4. The normalized spacial score (nSPS) is 12.5. The molecule has 2 atom stereocenters. The van der Waals surface area contributed by atoms with E-state index in [1.807, 2.05) is 82.0 Å². The van der Waals surface area contributed by atoms with Gasteiger partial charge in [0.15, 0.2) is 0 Å². The van der Waals surface area contributed by atoms with Crippen LogP contribution in [-0.4, -0.2) is 56.6 Å². The molecule has 3 heterocycles. The minimum Gasteiger partial charge on any atom is -0.494 e. The van der Waals surface area contributed by atoms with Crippen LogP contribution in [0.1, 0.15) is 69.8 Å². The summed E-state index contributed by atoms with van der Waals surface area (Å²) in [5, 5.41) is 24.2. The van der Waals surface area contributed by atoms with Gasteiger partial charge in [-0.2, -0.15) is 5.10 Å². The van der Waals surface area contributed by atoms with E-state index >= 15 is 0 Å². The van der Waals surface area contributed by atoms with Crippen LogP contribution in [-0.2, 0) is 20.5 Å². The van der Waals surface area contributed by atoms with Gasteiger partial charge in [-0.25, -0.2) is 9.78 Å². The number of carboxylic acids is 1. The maximum absolute atomic E-state index is 12.4. The maximum Gasteiger partial charge on any atom is 0.352 e. The number of nitrogens with zero attached hydrogens (tertiary/aromatic N) is 4.